The van der Waals surface area contributed by atoms with Crippen LogP contribution in [-0.4, -0.2) is 43.1 Å². The van der Waals surface area contributed by atoms with Gasteiger partial charge in [0, 0.05) is 35.8 Å². The number of benzene rings is 1. The van der Waals surface area contributed by atoms with Crippen molar-refractivity contribution < 1.29 is 14.3 Å². The summed E-state index contributed by atoms with van der Waals surface area (Å²) in [6.07, 6.45) is 1.54. The van der Waals surface area contributed by atoms with Gasteiger partial charge in [0.2, 0.25) is 5.91 Å². The van der Waals surface area contributed by atoms with Crippen molar-refractivity contribution in [3.8, 4) is 0 Å². The molecular formula is C20H25N3O3. The van der Waals surface area contributed by atoms with Crippen LogP contribution in [0.1, 0.15) is 25.5 Å². The van der Waals surface area contributed by atoms with Gasteiger partial charge in [0.05, 0.1) is 12.1 Å². The fraction of sp³-hybridized carbons (Fsp3) is 0.450. The van der Waals surface area contributed by atoms with Crippen LogP contribution >= 0.6 is 0 Å². The average molecular weight is 355 g/mol. The van der Waals surface area contributed by atoms with Crippen LogP contribution in [-0.2, 0) is 14.3 Å². The highest BCUT2D eigenvalue weighted by Gasteiger charge is 2.26. The van der Waals surface area contributed by atoms with Gasteiger partial charge in [0.15, 0.2) is 0 Å². The van der Waals surface area contributed by atoms with Gasteiger partial charge in [-0.2, -0.15) is 0 Å². The molecule has 1 aliphatic heterocycles. The van der Waals surface area contributed by atoms with E-state index in [4.69, 9.17) is 4.74 Å². The highest BCUT2D eigenvalue weighted by molar-refractivity contribution is 5.92. The van der Waals surface area contributed by atoms with Crippen molar-refractivity contribution in [2.75, 3.05) is 31.1 Å². The summed E-state index contributed by atoms with van der Waals surface area (Å²) in [5, 5.41) is 3.83. The Bertz CT molecular complexity index is 798. The van der Waals surface area contributed by atoms with Crippen LogP contribution in [0.5, 0.6) is 0 Å². The third kappa shape index (κ3) is 4.12. The number of hydrogen-bond donors (Lipinski definition) is 1. The number of aryl methyl sites for hydroxylation is 1. The van der Waals surface area contributed by atoms with Gasteiger partial charge in [-0.05, 0) is 38.8 Å². The molecule has 1 aromatic carbocycles. The zero-order valence-electron chi connectivity index (χ0n) is 15.3. The first kappa shape index (κ1) is 18.2. The quantitative estimate of drug-likeness (QED) is 0.834. The Balaban J connectivity index is 1.62. The number of ether oxygens (including phenoxy) is 1. The number of nitrogens with one attached hydrogen (secondary N) is 1. The van der Waals surface area contributed by atoms with Gasteiger partial charge in [-0.15, -0.1) is 0 Å². The molecule has 0 radical (unpaired) electrons. The Labute approximate surface area is 153 Å². The summed E-state index contributed by atoms with van der Waals surface area (Å²) >= 11 is 0. The summed E-state index contributed by atoms with van der Waals surface area (Å²) in [5.74, 6) is -0.514. The molecule has 0 unspecified atom stereocenters. The van der Waals surface area contributed by atoms with Crippen molar-refractivity contribution in [2.24, 2.45) is 5.92 Å². The molecule has 6 nitrogen and oxygen atoms in total. The number of nitrogens with zero attached hydrogens (tertiary/aromatic N) is 2. The predicted octanol–water partition coefficient (Wildman–Crippen LogP) is 2.44. The molecule has 1 fully saturated rings. The topological polar surface area (TPSA) is 71.5 Å². The largest absolute Gasteiger partial charge is 0.465 e. The first-order valence-electron chi connectivity index (χ1n) is 9.13. The highest BCUT2D eigenvalue weighted by atomic mass is 16.5. The maximum Gasteiger partial charge on any atom is 0.325 e. The van der Waals surface area contributed by atoms with Crippen molar-refractivity contribution >= 4 is 28.5 Å². The first-order valence-corrected chi connectivity index (χ1v) is 9.13. The Hall–Kier alpha value is -2.63. The molecule has 1 aromatic heterocycles. The Kier molecular flexibility index (Phi) is 5.71. The summed E-state index contributed by atoms with van der Waals surface area (Å²) in [5.41, 5.74) is 3.17. The van der Waals surface area contributed by atoms with Crippen molar-refractivity contribution in [1.82, 2.24) is 10.3 Å². The predicted molar refractivity (Wildman–Crippen MR) is 101 cm³/mol. The standard InChI is InChI=1S/C20H25N3O3/c1-3-26-19(24)13-21-20(25)15-8-10-23(11-9-15)18-12-14(2)22-17-7-5-4-6-16(17)18/h4-7,12,15H,3,8-11,13H2,1-2H3,(H,21,25). The lowest BCUT2D eigenvalue weighted by Crippen LogP contribution is -2.42. The third-order valence-corrected chi connectivity index (χ3v) is 4.74. The van der Waals surface area contributed by atoms with Crippen LogP contribution in [0.2, 0.25) is 0 Å². The van der Waals surface area contributed by atoms with E-state index in [9.17, 15) is 9.59 Å². The summed E-state index contributed by atoms with van der Waals surface area (Å²) in [7, 11) is 0. The van der Waals surface area contributed by atoms with Gasteiger partial charge >= 0.3 is 5.97 Å². The van der Waals surface area contributed by atoms with E-state index in [2.05, 4.69) is 27.3 Å². The smallest absolute Gasteiger partial charge is 0.325 e. The van der Waals surface area contributed by atoms with E-state index >= 15 is 0 Å². The molecule has 26 heavy (non-hydrogen) atoms. The average Bonchev–Trinajstić information content (AvgIpc) is 2.66. The van der Waals surface area contributed by atoms with E-state index < -0.39 is 5.97 Å². The Morgan fingerprint density at radius 2 is 2.00 bits per heavy atom. The zero-order chi connectivity index (χ0) is 18.5. The first-order chi connectivity index (χ1) is 12.6. The van der Waals surface area contributed by atoms with Crippen LogP contribution in [0.4, 0.5) is 5.69 Å². The molecule has 2 aromatic rings. The number of aromatic nitrogens is 1. The Morgan fingerprint density at radius 1 is 1.27 bits per heavy atom. The number of carbonyl (C=O) groups excluding carboxylic acids is 2. The third-order valence-electron chi connectivity index (χ3n) is 4.74. The SMILES string of the molecule is CCOC(=O)CNC(=O)C1CCN(c2cc(C)nc3ccccc23)CC1. The number of amides is 1. The van der Waals surface area contributed by atoms with Gasteiger partial charge in [0.25, 0.3) is 0 Å². The second-order valence-corrected chi connectivity index (χ2v) is 6.58. The summed E-state index contributed by atoms with van der Waals surface area (Å²) in [6, 6.07) is 10.3. The number of para-hydroxylation sites is 1. The molecule has 0 bridgehead atoms. The number of esters is 1. The van der Waals surface area contributed by atoms with Crippen LogP contribution in [0.3, 0.4) is 0 Å². The zero-order valence-corrected chi connectivity index (χ0v) is 15.3. The van der Waals surface area contributed by atoms with E-state index in [0.29, 0.717) is 6.61 Å². The summed E-state index contributed by atoms with van der Waals surface area (Å²) in [4.78, 5) is 30.6. The van der Waals surface area contributed by atoms with Crippen LogP contribution in [0.25, 0.3) is 10.9 Å². The van der Waals surface area contributed by atoms with Gasteiger partial charge in [-0.1, -0.05) is 18.2 Å². The molecule has 1 N–H and O–H groups in total. The minimum atomic E-state index is -0.392. The maximum atomic E-state index is 12.3. The fourth-order valence-corrected chi connectivity index (χ4v) is 3.45. The minimum Gasteiger partial charge on any atom is -0.465 e. The number of pyridine rings is 1. The molecule has 0 saturated carbocycles. The second-order valence-electron chi connectivity index (χ2n) is 6.58. The van der Waals surface area contributed by atoms with E-state index in [1.54, 1.807) is 6.92 Å². The van der Waals surface area contributed by atoms with Crippen molar-refractivity contribution in [2.45, 2.75) is 26.7 Å². The van der Waals surface area contributed by atoms with Gasteiger partial charge < -0.3 is 15.0 Å². The minimum absolute atomic E-state index is 0.0545. The van der Waals surface area contributed by atoms with Crippen LogP contribution in [0.15, 0.2) is 30.3 Å². The molecular weight excluding hydrogens is 330 g/mol. The molecule has 0 spiro atoms. The second kappa shape index (κ2) is 8.17. The highest BCUT2D eigenvalue weighted by Crippen LogP contribution is 2.30. The van der Waals surface area contributed by atoms with E-state index in [1.807, 2.05) is 25.1 Å². The lowest BCUT2D eigenvalue weighted by atomic mass is 9.95. The number of fused-ring (bicyclic) bond motifs is 1. The fourth-order valence-electron chi connectivity index (χ4n) is 3.45. The van der Waals surface area contributed by atoms with Crippen molar-refractivity contribution in [1.29, 1.82) is 0 Å². The number of hydrogen-bond acceptors (Lipinski definition) is 5. The monoisotopic (exact) mass is 355 g/mol. The maximum absolute atomic E-state index is 12.3. The molecule has 3 rings (SSSR count). The van der Waals surface area contributed by atoms with Gasteiger partial charge in [-0.3, -0.25) is 14.6 Å². The van der Waals surface area contributed by atoms with Gasteiger partial charge in [0.1, 0.15) is 6.54 Å². The lowest BCUT2D eigenvalue weighted by Gasteiger charge is -2.33. The number of anilines is 1. The number of carbonyl (C=O) groups is 2. The summed E-state index contributed by atoms with van der Waals surface area (Å²) < 4.78 is 4.84. The molecule has 138 valence electrons. The number of piperidine rings is 1. The molecule has 1 aliphatic rings. The molecule has 2 heterocycles. The molecule has 0 aliphatic carbocycles. The van der Waals surface area contributed by atoms with E-state index in [-0.39, 0.29) is 18.4 Å². The lowest BCUT2D eigenvalue weighted by molar-refractivity contribution is -0.143. The normalized spacial score (nSPS) is 15.1. The number of rotatable bonds is 5. The van der Waals surface area contributed by atoms with Crippen molar-refractivity contribution in [3.63, 3.8) is 0 Å². The Morgan fingerprint density at radius 3 is 2.73 bits per heavy atom. The van der Waals surface area contributed by atoms with Crippen LogP contribution in [0, 0.1) is 12.8 Å². The molecule has 6 heteroatoms. The molecule has 1 amide bonds. The van der Waals surface area contributed by atoms with Gasteiger partial charge in [-0.25, -0.2) is 0 Å². The van der Waals surface area contributed by atoms with E-state index in [1.165, 1.54) is 5.69 Å². The molecule has 1 saturated heterocycles. The van der Waals surface area contributed by atoms with Crippen molar-refractivity contribution in [3.05, 3.63) is 36.0 Å². The summed E-state index contributed by atoms with van der Waals surface area (Å²) in [6.45, 7) is 5.65. The van der Waals surface area contributed by atoms with Crippen LogP contribution < -0.4 is 10.2 Å². The molecule has 0 atom stereocenters. The van der Waals surface area contributed by atoms with E-state index in [0.717, 1.165) is 42.5 Å².